The number of β-amino-alcohol motifs (C(OH)–C–C–N with tert-alkyl or cyclic N) is 1. The van der Waals surface area contributed by atoms with Gasteiger partial charge in [0, 0.05) is 18.7 Å². The van der Waals surface area contributed by atoms with Gasteiger partial charge >= 0.3 is 5.97 Å². The zero-order chi connectivity index (χ0) is 26.2. The van der Waals surface area contributed by atoms with Crippen LogP contribution in [0.4, 0.5) is 8.78 Å². The van der Waals surface area contributed by atoms with Crippen LogP contribution in [0.3, 0.4) is 0 Å². The molecule has 1 fully saturated rings. The summed E-state index contributed by atoms with van der Waals surface area (Å²) in [7, 11) is 0. The summed E-state index contributed by atoms with van der Waals surface area (Å²) < 4.78 is 38.5. The summed E-state index contributed by atoms with van der Waals surface area (Å²) in [5.41, 5.74) is 1.74. The first-order chi connectivity index (χ1) is 17.2. The summed E-state index contributed by atoms with van der Waals surface area (Å²) in [5, 5.41) is 11.7. The lowest BCUT2D eigenvalue weighted by molar-refractivity contribution is -0.137. The Labute approximate surface area is 220 Å². The van der Waals surface area contributed by atoms with Crippen molar-refractivity contribution in [2.24, 2.45) is 0 Å². The summed E-state index contributed by atoms with van der Waals surface area (Å²) in [6, 6.07) is 7.94. The van der Waals surface area contributed by atoms with E-state index in [4.69, 9.17) is 32.7 Å². The highest BCUT2D eigenvalue weighted by Gasteiger charge is 2.27. The average Bonchev–Trinajstić information content (AvgIpc) is 3.26. The van der Waals surface area contributed by atoms with Crippen molar-refractivity contribution >= 4 is 35.2 Å². The average molecular weight is 542 g/mol. The van der Waals surface area contributed by atoms with E-state index in [9.17, 15) is 18.7 Å². The molecule has 3 atom stereocenters. The van der Waals surface area contributed by atoms with E-state index in [1.807, 2.05) is 12.1 Å². The van der Waals surface area contributed by atoms with Crippen molar-refractivity contribution in [2.75, 3.05) is 26.3 Å². The lowest BCUT2D eigenvalue weighted by Gasteiger charge is -2.27. The quantitative estimate of drug-likeness (QED) is 0.279. The summed E-state index contributed by atoms with van der Waals surface area (Å²) in [5.74, 6) is -2.63. The lowest BCUT2D eigenvalue weighted by Crippen LogP contribution is -2.39. The van der Waals surface area contributed by atoms with E-state index in [2.05, 4.69) is 4.90 Å². The molecule has 2 aromatic carbocycles. The van der Waals surface area contributed by atoms with Crippen molar-refractivity contribution in [3.63, 3.8) is 0 Å². The Hall–Kier alpha value is -2.03. The molecule has 3 rings (SSSR count). The van der Waals surface area contributed by atoms with Crippen LogP contribution in [0.5, 0.6) is 0 Å². The van der Waals surface area contributed by atoms with Crippen LogP contribution >= 0.6 is 23.2 Å². The van der Waals surface area contributed by atoms with Crippen molar-refractivity contribution in [2.45, 2.75) is 51.4 Å². The van der Waals surface area contributed by atoms with Gasteiger partial charge in [-0.15, -0.1) is 0 Å². The van der Waals surface area contributed by atoms with Crippen LogP contribution in [-0.4, -0.2) is 54.4 Å². The van der Waals surface area contributed by atoms with Gasteiger partial charge in [0.15, 0.2) is 11.6 Å². The lowest BCUT2D eigenvalue weighted by atomic mass is 10.0. The molecule has 1 aliphatic rings. The molecule has 0 aromatic heterocycles. The van der Waals surface area contributed by atoms with Crippen LogP contribution in [0, 0.1) is 11.6 Å². The monoisotopic (exact) mass is 541 g/mol. The third-order valence-corrected chi connectivity index (χ3v) is 6.93. The maximum atomic E-state index is 14.0. The standard InChI is InChI=1S/C27H31Cl2F2NO4/c1-3-35-27(34)9-7-19-13-25(30)26(31)14-22(19)17(2)36-16-21(33)15-32-10-4-5-20(32)11-18-6-8-23(28)24(29)12-18/h6-9,12-14,17,20-21,33H,3-5,10-11,15-16H2,1-2H3/t17-,20+,21-/m1/s1. The van der Waals surface area contributed by atoms with E-state index >= 15 is 0 Å². The van der Waals surface area contributed by atoms with Gasteiger partial charge in [0.2, 0.25) is 0 Å². The third kappa shape index (κ3) is 7.98. The van der Waals surface area contributed by atoms with Gasteiger partial charge in [-0.05, 0) is 86.7 Å². The smallest absolute Gasteiger partial charge is 0.330 e. The Balaban J connectivity index is 1.59. The number of rotatable bonds is 11. The Kier molecular flexibility index (Phi) is 10.7. The highest BCUT2D eigenvalue weighted by Crippen LogP contribution is 2.28. The Bertz CT molecular complexity index is 1080. The molecule has 2 aromatic rings. The predicted octanol–water partition coefficient (Wildman–Crippen LogP) is 5.99. The minimum Gasteiger partial charge on any atom is -0.463 e. The summed E-state index contributed by atoms with van der Waals surface area (Å²) >= 11 is 12.2. The number of hydrogen-bond acceptors (Lipinski definition) is 5. The number of hydrogen-bond donors (Lipinski definition) is 1. The second-order valence-electron chi connectivity index (χ2n) is 8.85. The number of carbonyl (C=O) groups is 1. The van der Waals surface area contributed by atoms with Crippen LogP contribution in [0.2, 0.25) is 10.0 Å². The number of aliphatic hydroxyl groups excluding tert-OH is 1. The van der Waals surface area contributed by atoms with Gasteiger partial charge in [-0.1, -0.05) is 29.3 Å². The number of halogens is 4. The van der Waals surface area contributed by atoms with E-state index in [1.54, 1.807) is 19.9 Å². The fraction of sp³-hybridized carbons (Fsp3) is 0.444. The van der Waals surface area contributed by atoms with Gasteiger partial charge in [0.1, 0.15) is 0 Å². The molecule has 0 aliphatic carbocycles. The van der Waals surface area contributed by atoms with Crippen molar-refractivity contribution in [1.29, 1.82) is 0 Å². The first-order valence-corrected chi connectivity index (χ1v) is 12.7. The Morgan fingerprint density at radius 1 is 1.22 bits per heavy atom. The van der Waals surface area contributed by atoms with E-state index in [1.165, 1.54) is 6.08 Å². The third-order valence-electron chi connectivity index (χ3n) is 6.19. The normalized spacial score (nSPS) is 18.0. The molecule has 1 aliphatic heterocycles. The van der Waals surface area contributed by atoms with Gasteiger partial charge in [-0.3, -0.25) is 4.90 Å². The molecule has 0 spiro atoms. The first-order valence-electron chi connectivity index (χ1n) is 12.0. The SMILES string of the molecule is CCOC(=O)C=Cc1cc(F)c(F)cc1[C@@H](C)OC[C@H](O)CN1CCC[C@H]1Cc1ccc(Cl)c(Cl)c1. The molecule has 5 nitrogen and oxygen atoms in total. The van der Waals surface area contributed by atoms with Gasteiger partial charge < -0.3 is 14.6 Å². The van der Waals surface area contributed by atoms with Crippen LogP contribution < -0.4 is 0 Å². The zero-order valence-electron chi connectivity index (χ0n) is 20.4. The van der Waals surface area contributed by atoms with Gasteiger partial charge in [0.25, 0.3) is 0 Å². The predicted molar refractivity (Wildman–Crippen MR) is 137 cm³/mol. The molecule has 1 heterocycles. The molecule has 196 valence electrons. The number of benzene rings is 2. The fourth-order valence-corrected chi connectivity index (χ4v) is 4.72. The van der Waals surface area contributed by atoms with E-state index in [-0.39, 0.29) is 19.3 Å². The molecular formula is C27H31Cl2F2NO4. The molecule has 1 saturated heterocycles. The second-order valence-corrected chi connectivity index (χ2v) is 9.67. The summed E-state index contributed by atoms with van der Waals surface area (Å²) in [6.07, 6.45) is 3.93. The number of likely N-dealkylation sites (tertiary alicyclic amines) is 1. The van der Waals surface area contributed by atoms with Crippen LogP contribution in [0.1, 0.15) is 49.5 Å². The summed E-state index contributed by atoms with van der Waals surface area (Å²) in [4.78, 5) is 13.9. The molecule has 0 saturated carbocycles. The molecule has 0 amide bonds. The minimum absolute atomic E-state index is 0.0111. The topological polar surface area (TPSA) is 59.0 Å². The van der Waals surface area contributed by atoms with Gasteiger partial charge in [-0.2, -0.15) is 0 Å². The Morgan fingerprint density at radius 2 is 1.97 bits per heavy atom. The largest absolute Gasteiger partial charge is 0.463 e. The van der Waals surface area contributed by atoms with Crippen LogP contribution in [0.15, 0.2) is 36.4 Å². The van der Waals surface area contributed by atoms with Crippen molar-refractivity contribution in [3.8, 4) is 0 Å². The summed E-state index contributed by atoms with van der Waals surface area (Å²) in [6.45, 7) is 4.86. The first kappa shape index (κ1) is 28.5. The number of ether oxygens (including phenoxy) is 2. The van der Waals surface area contributed by atoms with E-state index in [0.717, 1.165) is 49.6 Å². The highest BCUT2D eigenvalue weighted by molar-refractivity contribution is 6.42. The molecule has 0 radical (unpaired) electrons. The van der Waals surface area contributed by atoms with Gasteiger partial charge in [-0.25, -0.2) is 13.6 Å². The van der Waals surface area contributed by atoms with Crippen LogP contribution in [0.25, 0.3) is 6.08 Å². The zero-order valence-corrected chi connectivity index (χ0v) is 21.9. The maximum absolute atomic E-state index is 14.0. The molecular weight excluding hydrogens is 511 g/mol. The number of esters is 1. The van der Waals surface area contributed by atoms with Crippen LogP contribution in [-0.2, 0) is 20.7 Å². The molecule has 0 unspecified atom stereocenters. The second kappa shape index (κ2) is 13.5. The van der Waals surface area contributed by atoms with Gasteiger partial charge in [0.05, 0.1) is 35.5 Å². The molecule has 1 N–H and O–H groups in total. The van der Waals surface area contributed by atoms with Crippen molar-refractivity contribution < 1.29 is 28.2 Å². The molecule has 9 heteroatoms. The molecule has 36 heavy (non-hydrogen) atoms. The molecule has 0 bridgehead atoms. The number of carbonyl (C=O) groups excluding carboxylic acids is 1. The van der Waals surface area contributed by atoms with E-state index in [0.29, 0.717) is 27.7 Å². The van der Waals surface area contributed by atoms with Crippen molar-refractivity contribution in [1.82, 2.24) is 4.90 Å². The maximum Gasteiger partial charge on any atom is 0.330 e. The van der Waals surface area contributed by atoms with Crippen molar-refractivity contribution in [3.05, 3.63) is 74.8 Å². The Morgan fingerprint density at radius 3 is 2.69 bits per heavy atom. The minimum atomic E-state index is -1.03. The number of nitrogens with zero attached hydrogens (tertiary/aromatic N) is 1. The highest BCUT2D eigenvalue weighted by atomic mass is 35.5. The van der Waals surface area contributed by atoms with E-state index < -0.39 is 29.8 Å². The number of aliphatic hydroxyl groups is 1. The fourth-order valence-electron chi connectivity index (χ4n) is 4.40.